The second kappa shape index (κ2) is 6.18. The standard InChI is InChI=1S/C14H20N4O4/c1-8-5-11(9(2)21-8)14(4,20)7-16-13(19)15-6-12-17-10(3)22-18-12/h5,20H,6-7H2,1-4H3,(H2,15,16,19). The van der Waals surface area contributed by atoms with E-state index in [9.17, 15) is 9.90 Å². The average Bonchev–Trinajstić information content (AvgIpc) is 3.00. The molecule has 1 atom stereocenters. The van der Waals surface area contributed by atoms with Crippen molar-refractivity contribution < 1.29 is 18.8 Å². The fraction of sp³-hybridized carbons (Fsp3) is 0.500. The van der Waals surface area contributed by atoms with Crippen molar-refractivity contribution in [3.05, 3.63) is 34.9 Å². The normalized spacial score (nSPS) is 13.7. The molecular formula is C14H20N4O4. The third-order valence-corrected chi connectivity index (χ3v) is 3.19. The summed E-state index contributed by atoms with van der Waals surface area (Å²) in [5.74, 6) is 2.17. The molecule has 0 aliphatic rings. The van der Waals surface area contributed by atoms with Gasteiger partial charge in [0.05, 0.1) is 13.1 Å². The van der Waals surface area contributed by atoms with Crippen LogP contribution in [0, 0.1) is 20.8 Å². The van der Waals surface area contributed by atoms with Gasteiger partial charge in [0, 0.05) is 12.5 Å². The van der Waals surface area contributed by atoms with Crippen LogP contribution in [0.3, 0.4) is 0 Å². The van der Waals surface area contributed by atoms with Crippen LogP contribution in [0.1, 0.15) is 35.7 Å². The van der Waals surface area contributed by atoms with E-state index in [-0.39, 0.29) is 13.1 Å². The zero-order valence-electron chi connectivity index (χ0n) is 13.1. The largest absolute Gasteiger partial charge is 0.466 e. The third-order valence-electron chi connectivity index (χ3n) is 3.19. The SMILES string of the molecule is Cc1cc(C(C)(O)CNC(=O)NCc2noc(C)n2)c(C)o1. The molecule has 0 bridgehead atoms. The van der Waals surface area contributed by atoms with E-state index in [1.807, 2.05) is 0 Å². The number of hydrogen-bond donors (Lipinski definition) is 3. The Morgan fingerprint density at radius 3 is 2.64 bits per heavy atom. The molecule has 0 aromatic carbocycles. The zero-order valence-corrected chi connectivity index (χ0v) is 13.1. The first kappa shape index (κ1) is 16.0. The first-order valence-corrected chi connectivity index (χ1v) is 6.89. The lowest BCUT2D eigenvalue weighted by molar-refractivity contribution is 0.0578. The molecule has 2 aromatic rings. The van der Waals surface area contributed by atoms with Crippen molar-refractivity contribution in [1.82, 2.24) is 20.8 Å². The number of carbonyl (C=O) groups excluding carboxylic acids is 1. The van der Waals surface area contributed by atoms with Gasteiger partial charge in [-0.3, -0.25) is 0 Å². The highest BCUT2D eigenvalue weighted by Gasteiger charge is 2.28. The van der Waals surface area contributed by atoms with Crippen LogP contribution in [0.2, 0.25) is 0 Å². The van der Waals surface area contributed by atoms with E-state index in [0.29, 0.717) is 28.8 Å². The Morgan fingerprint density at radius 1 is 1.36 bits per heavy atom. The number of furan rings is 1. The molecule has 1 unspecified atom stereocenters. The number of urea groups is 1. The highest BCUT2D eigenvalue weighted by molar-refractivity contribution is 5.73. The van der Waals surface area contributed by atoms with Crippen molar-refractivity contribution in [3.8, 4) is 0 Å². The molecule has 0 saturated heterocycles. The molecule has 0 saturated carbocycles. The predicted molar refractivity (Wildman–Crippen MR) is 77.0 cm³/mol. The number of nitrogens with one attached hydrogen (secondary N) is 2. The van der Waals surface area contributed by atoms with Gasteiger partial charge < -0.3 is 24.7 Å². The number of amides is 2. The quantitative estimate of drug-likeness (QED) is 0.767. The van der Waals surface area contributed by atoms with Crippen LogP contribution in [0.15, 0.2) is 15.0 Å². The van der Waals surface area contributed by atoms with Gasteiger partial charge in [-0.25, -0.2) is 4.79 Å². The van der Waals surface area contributed by atoms with Crippen LogP contribution in [-0.2, 0) is 12.1 Å². The first-order chi connectivity index (χ1) is 10.3. The molecule has 2 heterocycles. The summed E-state index contributed by atoms with van der Waals surface area (Å²) in [5.41, 5.74) is -0.568. The Balaban J connectivity index is 1.86. The topological polar surface area (TPSA) is 113 Å². The minimum Gasteiger partial charge on any atom is -0.466 e. The highest BCUT2D eigenvalue weighted by Crippen LogP contribution is 2.26. The van der Waals surface area contributed by atoms with Crippen LogP contribution in [0.25, 0.3) is 0 Å². The molecule has 0 aliphatic heterocycles. The van der Waals surface area contributed by atoms with Crippen LogP contribution < -0.4 is 10.6 Å². The van der Waals surface area contributed by atoms with Gasteiger partial charge in [0.1, 0.15) is 17.1 Å². The average molecular weight is 308 g/mol. The molecule has 120 valence electrons. The second-order valence-corrected chi connectivity index (χ2v) is 5.37. The molecule has 0 fully saturated rings. The van der Waals surface area contributed by atoms with E-state index in [2.05, 4.69) is 20.8 Å². The van der Waals surface area contributed by atoms with Crippen molar-refractivity contribution in [2.75, 3.05) is 6.54 Å². The molecule has 8 nitrogen and oxygen atoms in total. The summed E-state index contributed by atoms with van der Waals surface area (Å²) in [6.07, 6.45) is 0. The van der Waals surface area contributed by atoms with Gasteiger partial charge in [0.2, 0.25) is 5.89 Å². The lowest BCUT2D eigenvalue weighted by Crippen LogP contribution is -2.43. The molecule has 0 radical (unpaired) electrons. The van der Waals surface area contributed by atoms with E-state index in [1.165, 1.54) is 0 Å². The Hall–Kier alpha value is -2.35. The van der Waals surface area contributed by atoms with Crippen molar-refractivity contribution in [2.24, 2.45) is 0 Å². The van der Waals surface area contributed by atoms with Crippen LogP contribution in [0.5, 0.6) is 0 Å². The molecule has 0 spiro atoms. The maximum absolute atomic E-state index is 11.7. The summed E-state index contributed by atoms with van der Waals surface area (Å²) >= 11 is 0. The van der Waals surface area contributed by atoms with Gasteiger partial charge in [0.25, 0.3) is 0 Å². The number of aromatic nitrogens is 2. The summed E-state index contributed by atoms with van der Waals surface area (Å²) in [6, 6.07) is 1.33. The number of rotatable bonds is 5. The highest BCUT2D eigenvalue weighted by atomic mass is 16.5. The lowest BCUT2D eigenvalue weighted by atomic mass is 9.96. The fourth-order valence-electron chi connectivity index (χ4n) is 2.15. The molecule has 2 amide bonds. The predicted octanol–water partition coefficient (Wildman–Crippen LogP) is 1.29. The maximum atomic E-state index is 11.7. The molecular weight excluding hydrogens is 288 g/mol. The lowest BCUT2D eigenvalue weighted by Gasteiger charge is -2.23. The smallest absolute Gasteiger partial charge is 0.315 e. The summed E-state index contributed by atoms with van der Waals surface area (Å²) < 4.78 is 10.2. The van der Waals surface area contributed by atoms with Crippen molar-refractivity contribution in [1.29, 1.82) is 0 Å². The second-order valence-electron chi connectivity index (χ2n) is 5.37. The van der Waals surface area contributed by atoms with E-state index in [4.69, 9.17) is 8.94 Å². The number of aryl methyl sites for hydroxylation is 3. The van der Waals surface area contributed by atoms with Crippen molar-refractivity contribution in [2.45, 2.75) is 39.8 Å². The Morgan fingerprint density at radius 2 is 2.09 bits per heavy atom. The van der Waals surface area contributed by atoms with Crippen molar-refractivity contribution >= 4 is 6.03 Å². The fourth-order valence-corrected chi connectivity index (χ4v) is 2.15. The van der Waals surface area contributed by atoms with E-state index < -0.39 is 11.6 Å². The van der Waals surface area contributed by atoms with Gasteiger partial charge in [-0.05, 0) is 26.8 Å². The summed E-state index contributed by atoms with van der Waals surface area (Å²) in [7, 11) is 0. The van der Waals surface area contributed by atoms with Crippen LogP contribution in [0.4, 0.5) is 4.79 Å². The number of nitrogens with zero attached hydrogens (tertiary/aromatic N) is 2. The summed E-state index contributed by atoms with van der Waals surface area (Å²) in [5, 5.41) is 19.3. The first-order valence-electron chi connectivity index (χ1n) is 6.89. The van der Waals surface area contributed by atoms with E-state index in [1.54, 1.807) is 33.8 Å². The summed E-state index contributed by atoms with van der Waals surface area (Å²) in [4.78, 5) is 15.7. The van der Waals surface area contributed by atoms with Gasteiger partial charge >= 0.3 is 6.03 Å². The summed E-state index contributed by atoms with van der Waals surface area (Å²) in [6.45, 7) is 7.06. The maximum Gasteiger partial charge on any atom is 0.315 e. The van der Waals surface area contributed by atoms with Crippen LogP contribution >= 0.6 is 0 Å². The molecule has 2 aromatic heterocycles. The van der Waals surface area contributed by atoms with Crippen molar-refractivity contribution in [3.63, 3.8) is 0 Å². The van der Waals surface area contributed by atoms with Gasteiger partial charge in [0.15, 0.2) is 5.82 Å². The Bertz CT molecular complexity index is 660. The molecule has 22 heavy (non-hydrogen) atoms. The third kappa shape index (κ3) is 3.85. The van der Waals surface area contributed by atoms with Gasteiger partial charge in [-0.1, -0.05) is 5.16 Å². The Kier molecular flexibility index (Phi) is 4.51. The van der Waals surface area contributed by atoms with Crippen LogP contribution in [-0.4, -0.2) is 27.8 Å². The monoisotopic (exact) mass is 308 g/mol. The van der Waals surface area contributed by atoms with E-state index >= 15 is 0 Å². The minimum absolute atomic E-state index is 0.0456. The van der Waals surface area contributed by atoms with Gasteiger partial charge in [-0.15, -0.1) is 0 Å². The zero-order chi connectivity index (χ0) is 16.3. The molecule has 3 N–H and O–H groups in total. The van der Waals surface area contributed by atoms with E-state index in [0.717, 1.165) is 0 Å². The number of hydrogen-bond acceptors (Lipinski definition) is 6. The van der Waals surface area contributed by atoms with Gasteiger partial charge in [-0.2, -0.15) is 4.98 Å². The number of carbonyl (C=O) groups is 1. The molecule has 8 heteroatoms. The Labute approximate surface area is 127 Å². The number of aliphatic hydroxyl groups is 1. The molecule has 2 rings (SSSR count). The minimum atomic E-state index is -1.22. The molecule has 0 aliphatic carbocycles.